The van der Waals surface area contributed by atoms with Crippen LogP contribution in [0.15, 0.2) is 48.5 Å². The van der Waals surface area contributed by atoms with E-state index in [2.05, 4.69) is 15.6 Å². The second kappa shape index (κ2) is 7.40. The first-order valence-electron chi connectivity index (χ1n) is 7.95. The summed E-state index contributed by atoms with van der Waals surface area (Å²) in [4.78, 5) is 12.4. The fraction of sp³-hybridized carbons (Fsp3) is 0.278. The van der Waals surface area contributed by atoms with Gasteiger partial charge < -0.3 is 10.1 Å². The molecule has 1 amide bonds. The largest absolute Gasteiger partial charge is 0.375 e. The van der Waals surface area contributed by atoms with E-state index in [-0.39, 0.29) is 18.3 Å². The molecule has 0 radical (unpaired) electrons. The van der Waals surface area contributed by atoms with Crippen LogP contribution in [0, 0.1) is 5.82 Å². The van der Waals surface area contributed by atoms with E-state index in [1.54, 1.807) is 25.1 Å². The number of fused-ring (bicyclic) bond motifs is 1. The van der Waals surface area contributed by atoms with Crippen LogP contribution in [-0.4, -0.2) is 34.1 Å². The molecule has 1 heterocycles. The van der Waals surface area contributed by atoms with E-state index in [0.717, 1.165) is 11.0 Å². The zero-order valence-electron chi connectivity index (χ0n) is 14.0. The minimum Gasteiger partial charge on any atom is -0.375 e. The number of carbonyl (C=O) groups excluding carboxylic acids is 1. The Labute approximate surface area is 144 Å². The van der Waals surface area contributed by atoms with Gasteiger partial charge in [0.05, 0.1) is 11.6 Å². The van der Waals surface area contributed by atoms with Crippen molar-refractivity contribution in [2.24, 2.45) is 0 Å². The van der Waals surface area contributed by atoms with Crippen LogP contribution in [0.25, 0.3) is 11.0 Å². The summed E-state index contributed by atoms with van der Waals surface area (Å²) >= 11 is 0. The highest BCUT2D eigenvalue weighted by molar-refractivity contribution is 5.79. The van der Waals surface area contributed by atoms with Crippen molar-refractivity contribution in [3.05, 3.63) is 59.9 Å². The Balaban J connectivity index is 1.70. The van der Waals surface area contributed by atoms with Gasteiger partial charge in [0.15, 0.2) is 0 Å². The number of hydrogen-bond acceptors (Lipinski definition) is 4. The number of rotatable bonds is 6. The predicted molar refractivity (Wildman–Crippen MR) is 91.3 cm³/mol. The molecule has 3 rings (SSSR count). The number of hydrogen-bond donors (Lipinski definition) is 1. The molecular weight excluding hydrogens is 323 g/mol. The molecule has 0 unspecified atom stereocenters. The standard InChI is InChI=1S/C18H19FN4O2/c1-12(18(25-2)13-7-3-4-8-14(13)19)20-17(24)11-23-16-10-6-5-9-15(16)21-22-23/h3-10,12,18H,11H2,1-2H3,(H,20,24)/t12-,18+/m0/s1. The van der Waals surface area contributed by atoms with Crippen molar-refractivity contribution in [2.45, 2.75) is 25.6 Å². The highest BCUT2D eigenvalue weighted by Gasteiger charge is 2.23. The molecule has 7 heteroatoms. The minimum atomic E-state index is -0.586. The maximum Gasteiger partial charge on any atom is 0.242 e. The second-order valence-electron chi connectivity index (χ2n) is 5.77. The van der Waals surface area contributed by atoms with Gasteiger partial charge >= 0.3 is 0 Å². The van der Waals surface area contributed by atoms with Crippen LogP contribution in [0.4, 0.5) is 4.39 Å². The molecule has 25 heavy (non-hydrogen) atoms. The van der Waals surface area contributed by atoms with Gasteiger partial charge in [0.2, 0.25) is 5.91 Å². The number of aromatic nitrogens is 3. The van der Waals surface area contributed by atoms with Gasteiger partial charge in [0.1, 0.15) is 24.0 Å². The number of benzene rings is 2. The molecule has 130 valence electrons. The average Bonchev–Trinajstić information content (AvgIpc) is 3.00. The summed E-state index contributed by atoms with van der Waals surface area (Å²) in [6.07, 6.45) is -0.586. The van der Waals surface area contributed by atoms with Gasteiger partial charge in [-0.3, -0.25) is 4.79 Å². The van der Waals surface area contributed by atoms with Crippen LogP contribution < -0.4 is 5.32 Å². The zero-order chi connectivity index (χ0) is 17.8. The number of carbonyl (C=O) groups is 1. The Morgan fingerprint density at radius 3 is 2.72 bits per heavy atom. The third-order valence-electron chi connectivity index (χ3n) is 4.02. The van der Waals surface area contributed by atoms with Crippen molar-refractivity contribution in [3.8, 4) is 0 Å². The minimum absolute atomic E-state index is 0.0263. The van der Waals surface area contributed by atoms with Crippen molar-refractivity contribution in [3.63, 3.8) is 0 Å². The quantitative estimate of drug-likeness (QED) is 0.747. The molecule has 0 aliphatic rings. The lowest BCUT2D eigenvalue weighted by atomic mass is 10.0. The molecule has 2 atom stereocenters. The molecule has 6 nitrogen and oxygen atoms in total. The number of methoxy groups -OCH3 is 1. The van der Waals surface area contributed by atoms with Crippen LogP contribution in [0.5, 0.6) is 0 Å². The third kappa shape index (κ3) is 3.66. The van der Waals surface area contributed by atoms with Gasteiger partial charge in [0, 0.05) is 12.7 Å². The maximum atomic E-state index is 14.0. The summed E-state index contributed by atoms with van der Waals surface area (Å²) in [6.45, 7) is 1.80. The Morgan fingerprint density at radius 2 is 1.96 bits per heavy atom. The third-order valence-corrected chi connectivity index (χ3v) is 4.02. The van der Waals surface area contributed by atoms with E-state index in [9.17, 15) is 9.18 Å². The van der Waals surface area contributed by atoms with Crippen molar-refractivity contribution in [2.75, 3.05) is 7.11 Å². The summed E-state index contributed by atoms with van der Waals surface area (Å²) in [5, 5.41) is 10.9. The molecule has 1 N–H and O–H groups in total. The van der Waals surface area contributed by atoms with Crippen LogP contribution in [0.2, 0.25) is 0 Å². The molecule has 0 aliphatic carbocycles. The Kier molecular flexibility index (Phi) is 5.04. The highest BCUT2D eigenvalue weighted by Crippen LogP contribution is 2.23. The molecule has 0 saturated heterocycles. The van der Waals surface area contributed by atoms with Gasteiger partial charge in [0.25, 0.3) is 0 Å². The van der Waals surface area contributed by atoms with E-state index in [0.29, 0.717) is 5.56 Å². The number of halogens is 1. The molecule has 2 aromatic carbocycles. The normalized spacial score (nSPS) is 13.6. The molecule has 0 aliphatic heterocycles. The Hall–Kier alpha value is -2.80. The smallest absolute Gasteiger partial charge is 0.242 e. The van der Waals surface area contributed by atoms with Gasteiger partial charge in [-0.25, -0.2) is 9.07 Å². The number of ether oxygens (including phenoxy) is 1. The topological polar surface area (TPSA) is 69.0 Å². The molecule has 0 fully saturated rings. The van der Waals surface area contributed by atoms with Crippen LogP contribution >= 0.6 is 0 Å². The van der Waals surface area contributed by atoms with Crippen molar-refractivity contribution >= 4 is 16.9 Å². The van der Waals surface area contributed by atoms with E-state index in [1.807, 2.05) is 24.3 Å². The predicted octanol–water partition coefficient (Wildman–Crippen LogP) is 2.46. The zero-order valence-corrected chi connectivity index (χ0v) is 14.0. The summed E-state index contributed by atoms with van der Waals surface area (Å²) in [5.41, 5.74) is 1.91. The fourth-order valence-electron chi connectivity index (χ4n) is 2.85. The first kappa shape index (κ1) is 17.0. The monoisotopic (exact) mass is 342 g/mol. The number of para-hydroxylation sites is 1. The molecular formula is C18H19FN4O2. The SMILES string of the molecule is CO[C@@H](c1ccccc1F)[C@H](C)NC(=O)Cn1nnc2ccccc21. The van der Waals surface area contributed by atoms with Crippen molar-refractivity contribution < 1.29 is 13.9 Å². The Bertz CT molecular complexity index is 880. The van der Waals surface area contributed by atoms with Crippen LogP contribution in [-0.2, 0) is 16.1 Å². The summed E-state index contributed by atoms with van der Waals surface area (Å²) in [7, 11) is 1.49. The van der Waals surface area contributed by atoms with Crippen molar-refractivity contribution in [1.82, 2.24) is 20.3 Å². The van der Waals surface area contributed by atoms with Gasteiger partial charge in [-0.2, -0.15) is 0 Å². The lowest BCUT2D eigenvalue weighted by Gasteiger charge is -2.24. The van der Waals surface area contributed by atoms with E-state index in [4.69, 9.17) is 4.74 Å². The average molecular weight is 342 g/mol. The van der Waals surface area contributed by atoms with E-state index >= 15 is 0 Å². The van der Waals surface area contributed by atoms with Crippen LogP contribution in [0.3, 0.4) is 0 Å². The summed E-state index contributed by atoms with van der Waals surface area (Å²) in [6, 6.07) is 13.4. The lowest BCUT2D eigenvalue weighted by Crippen LogP contribution is -2.40. The molecule has 1 aromatic heterocycles. The van der Waals surface area contributed by atoms with Gasteiger partial charge in [-0.15, -0.1) is 5.10 Å². The maximum absolute atomic E-state index is 14.0. The van der Waals surface area contributed by atoms with Crippen molar-refractivity contribution in [1.29, 1.82) is 0 Å². The lowest BCUT2D eigenvalue weighted by molar-refractivity contribution is -0.123. The second-order valence-corrected chi connectivity index (χ2v) is 5.77. The van der Waals surface area contributed by atoms with E-state index < -0.39 is 12.1 Å². The molecule has 3 aromatic rings. The first-order chi connectivity index (χ1) is 12.1. The number of amides is 1. The molecule has 0 bridgehead atoms. The molecule has 0 spiro atoms. The number of nitrogens with zero attached hydrogens (tertiary/aromatic N) is 3. The summed E-state index contributed by atoms with van der Waals surface area (Å²) < 4.78 is 20.9. The fourth-order valence-corrected chi connectivity index (χ4v) is 2.85. The van der Waals surface area contributed by atoms with Crippen LogP contribution in [0.1, 0.15) is 18.6 Å². The molecule has 0 saturated carbocycles. The van der Waals surface area contributed by atoms with Gasteiger partial charge in [-0.05, 0) is 25.1 Å². The van der Waals surface area contributed by atoms with E-state index in [1.165, 1.54) is 17.9 Å². The highest BCUT2D eigenvalue weighted by atomic mass is 19.1. The van der Waals surface area contributed by atoms with Gasteiger partial charge in [-0.1, -0.05) is 35.5 Å². The number of nitrogens with one attached hydrogen (secondary N) is 1. The summed E-state index contributed by atoms with van der Waals surface area (Å²) in [5.74, 6) is -0.612. The first-order valence-corrected chi connectivity index (χ1v) is 7.95. The Morgan fingerprint density at radius 1 is 1.24 bits per heavy atom.